The van der Waals surface area contributed by atoms with E-state index in [1.807, 2.05) is 49.5 Å². The molecule has 0 saturated heterocycles. The van der Waals surface area contributed by atoms with Crippen molar-refractivity contribution in [1.29, 1.82) is 0 Å². The lowest BCUT2D eigenvalue weighted by Crippen LogP contribution is -2.30. The summed E-state index contributed by atoms with van der Waals surface area (Å²) in [6, 6.07) is 7.83. The second-order valence-corrected chi connectivity index (χ2v) is 6.61. The molecular weight excluding hydrogens is 230 g/mol. The number of benzene rings is 1. The van der Waals surface area contributed by atoms with E-state index >= 15 is 0 Å². The van der Waals surface area contributed by atoms with Gasteiger partial charge in [0.2, 0.25) is 0 Å². The number of Topliss-reactive ketones (excluding diaryl/α,β-unsaturated/α-hetero) is 1. The largest absolute Gasteiger partial charge is 0.383 e. The Morgan fingerprint density at radius 2 is 1.88 bits per heavy atom. The Bertz CT molecular complexity index is 489. The highest BCUT2D eigenvalue weighted by molar-refractivity contribution is 8.01. The van der Waals surface area contributed by atoms with Crippen molar-refractivity contribution in [2.45, 2.75) is 23.5 Å². The number of nitrogens with zero attached hydrogens (tertiary/aromatic N) is 1. The van der Waals surface area contributed by atoms with E-state index in [4.69, 9.17) is 0 Å². The molecule has 1 aromatic carbocycles. The van der Waals surface area contributed by atoms with Crippen LogP contribution in [0.2, 0.25) is 0 Å². The van der Waals surface area contributed by atoms with E-state index in [9.17, 15) is 4.79 Å². The quantitative estimate of drug-likeness (QED) is 0.711. The molecule has 0 fully saturated rings. The molecule has 0 spiro atoms. The molecule has 3 heteroatoms. The van der Waals surface area contributed by atoms with Crippen molar-refractivity contribution >= 4 is 17.5 Å². The molecule has 0 unspecified atom stereocenters. The Balaban J connectivity index is 2.55. The molecule has 0 aliphatic carbocycles. The molecule has 0 bridgehead atoms. The molecule has 2 rings (SSSR count). The van der Waals surface area contributed by atoms with Gasteiger partial charge >= 0.3 is 0 Å². The summed E-state index contributed by atoms with van der Waals surface area (Å²) in [4.78, 5) is 15.5. The van der Waals surface area contributed by atoms with E-state index in [1.165, 1.54) is 0 Å². The van der Waals surface area contributed by atoms with Crippen molar-refractivity contribution in [3.63, 3.8) is 0 Å². The molecular formula is C14H17NOS. The summed E-state index contributed by atoms with van der Waals surface area (Å²) in [6.45, 7) is 4.20. The normalized spacial score (nSPS) is 20.2. The minimum Gasteiger partial charge on any atom is -0.383 e. The van der Waals surface area contributed by atoms with E-state index in [0.29, 0.717) is 0 Å². The van der Waals surface area contributed by atoms with Crippen LogP contribution in [0.5, 0.6) is 0 Å². The summed E-state index contributed by atoms with van der Waals surface area (Å²) in [7, 11) is 3.89. The zero-order valence-electron chi connectivity index (χ0n) is 10.7. The van der Waals surface area contributed by atoms with Crippen LogP contribution in [0.3, 0.4) is 0 Å². The average molecular weight is 247 g/mol. The van der Waals surface area contributed by atoms with Gasteiger partial charge in [0.25, 0.3) is 0 Å². The van der Waals surface area contributed by atoms with Crippen LogP contribution in [0.25, 0.3) is 0 Å². The van der Waals surface area contributed by atoms with Crippen LogP contribution in [0.4, 0.5) is 0 Å². The Morgan fingerprint density at radius 3 is 2.53 bits per heavy atom. The first-order valence-electron chi connectivity index (χ1n) is 5.63. The van der Waals surface area contributed by atoms with Gasteiger partial charge in [0.1, 0.15) is 0 Å². The molecule has 1 aliphatic heterocycles. The van der Waals surface area contributed by atoms with Crippen LogP contribution >= 0.6 is 11.8 Å². The van der Waals surface area contributed by atoms with Gasteiger partial charge in [-0.05, 0) is 26.0 Å². The van der Waals surface area contributed by atoms with E-state index < -0.39 is 0 Å². The number of hydrogen-bond acceptors (Lipinski definition) is 3. The standard InChI is InChI=1S/C14H17NOS/c1-14(2)11(9-15(3)4)13(16)10-7-5-6-8-12(10)17-14/h5-9H,1-4H3. The maximum atomic E-state index is 12.5. The van der Waals surface area contributed by atoms with Gasteiger partial charge in [-0.1, -0.05) is 12.1 Å². The number of carbonyl (C=O) groups is 1. The first-order chi connectivity index (χ1) is 7.92. The fourth-order valence-electron chi connectivity index (χ4n) is 1.96. The zero-order chi connectivity index (χ0) is 12.6. The monoisotopic (exact) mass is 247 g/mol. The second kappa shape index (κ2) is 4.22. The zero-order valence-corrected chi connectivity index (χ0v) is 11.5. The molecule has 17 heavy (non-hydrogen) atoms. The predicted molar refractivity (Wildman–Crippen MR) is 72.5 cm³/mol. The lowest BCUT2D eigenvalue weighted by Gasteiger charge is -2.33. The fraction of sp³-hybridized carbons (Fsp3) is 0.357. The Hall–Kier alpha value is -1.22. The highest BCUT2D eigenvalue weighted by atomic mass is 32.2. The van der Waals surface area contributed by atoms with Gasteiger partial charge in [-0.25, -0.2) is 0 Å². The third-order valence-electron chi connectivity index (χ3n) is 2.78. The lowest BCUT2D eigenvalue weighted by atomic mass is 9.93. The molecule has 1 heterocycles. The molecule has 1 aromatic rings. The number of hydrogen-bond donors (Lipinski definition) is 0. The summed E-state index contributed by atoms with van der Waals surface area (Å²) >= 11 is 1.75. The topological polar surface area (TPSA) is 20.3 Å². The number of thioether (sulfide) groups is 1. The summed E-state index contributed by atoms with van der Waals surface area (Å²) in [5, 5.41) is 0. The highest BCUT2D eigenvalue weighted by Gasteiger charge is 2.36. The summed E-state index contributed by atoms with van der Waals surface area (Å²) < 4.78 is -0.171. The Morgan fingerprint density at radius 1 is 1.24 bits per heavy atom. The second-order valence-electron chi connectivity index (χ2n) is 4.94. The van der Waals surface area contributed by atoms with Gasteiger partial charge in [0, 0.05) is 41.1 Å². The molecule has 0 N–H and O–H groups in total. The summed E-state index contributed by atoms with van der Waals surface area (Å²) in [6.07, 6.45) is 1.94. The van der Waals surface area contributed by atoms with E-state index in [2.05, 4.69) is 13.8 Å². The molecule has 1 aliphatic rings. The van der Waals surface area contributed by atoms with Gasteiger partial charge in [-0.15, -0.1) is 11.8 Å². The molecule has 0 atom stereocenters. The summed E-state index contributed by atoms with van der Waals surface area (Å²) in [5.41, 5.74) is 1.69. The van der Waals surface area contributed by atoms with Crippen LogP contribution in [0, 0.1) is 0 Å². The fourth-order valence-corrected chi connectivity index (χ4v) is 3.19. The van der Waals surface area contributed by atoms with Crippen molar-refractivity contribution in [3.05, 3.63) is 41.6 Å². The van der Waals surface area contributed by atoms with Crippen LogP contribution < -0.4 is 0 Å². The van der Waals surface area contributed by atoms with Gasteiger partial charge < -0.3 is 4.90 Å². The third kappa shape index (κ3) is 2.25. The van der Waals surface area contributed by atoms with Crippen LogP contribution in [-0.2, 0) is 0 Å². The molecule has 90 valence electrons. The number of rotatable bonds is 1. The maximum absolute atomic E-state index is 12.5. The highest BCUT2D eigenvalue weighted by Crippen LogP contribution is 2.45. The van der Waals surface area contributed by atoms with Crippen molar-refractivity contribution in [2.24, 2.45) is 0 Å². The number of ketones is 1. The number of carbonyl (C=O) groups excluding carboxylic acids is 1. The van der Waals surface area contributed by atoms with Crippen LogP contribution in [-0.4, -0.2) is 29.5 Å². The lowest BCUT2D eigenvalue weighted by molar-refractivity contribution is 0.102. The number of fused-ring (bicyclic) bond motifs is 1. The SMILES string of the molecule is CN(C)C=C1C(=O)c2ccccc2SC1(C)C. The molecule has 0 amide bonds. The maximum Gasteiger partial charge on any atom is 0.192 e. The minimum atomic E-state index is -0.171. The van der Waals surface area contributed by atoms with Crippen molar-refractivity contribution in [1.82, 2.24) is 4.90 Å². The minimum absolute atomic E-state index is 0.151. The smallest absolute Gasteiger partial charge is 0.192 e. The Kier molecular flexibility index (Phi) is 3.04. The van der Waals surface area contributed by atoms with Crippen LogP contribution in [0.15, 0.2) is 40.9 Å². The van der Waals surface area contributed by atoms with E-state index in [-0.39, 0.29) is 10.5 Å². The summed E-state index contributed by atoms with van der Waals surface area (Å²) in [5.74, 6) is 0.151. The van der Waals surface area contributed by atoms with Gasteiger partial charge in [0.15, 0.2) is 5.78 Å². The van der Waals surface area contributed by atoms with Crippen molar-refractivity contribution in [3.8, 4) is 0 Å². The van der Waals surface area contributed by atoms with E-state index in [1.54, 1.807) is 11.8 Å². The molecule has 0 aromatic heterocycles. The van der Waals surface area contributed by atoms with Gasteiger partial charge in [-0.3, -0.25) is 4.79 Å². The van der Waals surface area contributed by atoms with Crippen LogP contribution in [0.1, 0.15) is 24.2 Å². The van der Waals surface area contributed by atoms with Crippen molar-refractivity contribution in [2.75, 3.05) is 14.1 Å². The first kappa shape index (κ1) is 12.2. The molecule has 2 nitrogen and oxygen atoms in total. The Labute approximate surface area is 107 Å². The molecule has 0 saturated carbocycles. The third-order valence-corrected chi connectivity index (χ3v) is 4.08. The van der Waals surface area contributed by atoms with Crippen molar-refractivity contribution < 1.29 is 4.79 Å². The predicted octanol–water partition coefficient (Wildman–Crippen LogP) is 3.20. The van der Waals surface area contributed by atoms with Gasteiger partial charge in [-0.2, -0.15) is 0 Å². The van der Waals surface area contributed by atoms with Gasteiger partial charge in [0.05, 0.1) is 0 Å². The molecule has 0 radical (unpaired) electrons. The average Bonchev–Trinajstić information content (AvgIpc) is 2.23. The first-order valence-corrected chi connectivity index (χ1v) is 6.45. The van der Waals surface area contributed by atoms with E-state index in [0.717, 1.165) is 16.0 Å².